The van der Waals surface area contributed by atoms with E-state index < -0.39 is 11.2 Å². The number of rotatable bonds is 18. The molecule has 0 aromatic carbocycles. The fraction of sp³-hybridized carbons (Fsp3) is 0.926. The van der Waals surface area contributed by atoms with Crippen LogP contribution in [0.3, 0.4) is 0 Å². The molecule has 0 aromatic rings. The maximum Gasteiger partial charge on any atom is 0.306 e. The second-order valence-electron chi connectivity index (χ2n) is 10.5. The second-order valence-corrected chi connectivity index (χ2v) is 10.5. The lowest BCUT2D eigenvalue weighted by atomic mass is 9.88. The molecule has 184 valence electrons. The molecule has 2 unspecified atom stereocenters. The molecule has 0 heterocycles. The fourth-order valence-corrected chi connectivity index (χ4v) is 3.67. The van der Waals surface area contributed by atoms with Gasteiger partial charge in [-0.3, -0.25) is 9.59 Å². The maximum atomic E-state index is 12.2. The van der Waals surface area contributed by atoms with E-state index in [0.717, 1.165) is 44.9 Å². The van der Waals surface area contributed by atoms with Gasteiger partial charge in [-0.25, -0.2) is 0 Å². The summed E-state index contributed by atoms with van der Waals surface area (Å²) in [7, 11) is 0. The van der Waals surface area contributed by atoms with E-state index in [1.54, 1.807) is 0 Å². The average molecular weight is 441 g/mol. The molecule has 31 heavy (non-hydrogen) atoms. The Kier molecular flexibility index (Phi) is 15.2. The molecule has 2 atom stereocenters. The first-order chi connectivity index (χ1) is 14.5. The molecule has 0 spiro atoms. The number of esters is 2. The minimum absolute atomic E-state index is 0.0867. The summed E-state index contributed by atoms with van der Waals surface area (Å²) >= 11 is 0. The highest BCUT2D eigenvalue weighted by molar-refractivity contribution is 5.70. The molecule has 0 fully saturated rings. The number of unbranched alkanes of at least 4 members (excludes halogenated alkanes) is 6. The van der Waals surface area contributed by atoms with Crippen LogP contribution in [0.2, 0.25) is 0 Å². The molecular weight excluding hydrogens is 388 g/mol. The summed E-state index contributed by atoms with van der Waals surface area (Å²) in [5.41, 5.74) is -0.789. The fourth-order valence-electron chi connectivity index (χ4n) is 3.67. The van der Waals surface area contributed by atoms with Crippen molar-refractivity contribution in [2.45, 2.75) is 150 Å². The van der Waals surface area contributed by atoms with Crippen molar-refractivity contribution in [1.82, 2.24) is 0 Å². The van der Waals surface area contributed by atoms with Crippen LogP contribution < -0.4 is 0 Å². The number of carbonyl (C=O) groups excluding carboxylic acids is 2. The second kappa shape index (κ2) is 15.7. The quantitative estimate of drug-likeness (QED) is 0.160. The summed E-state index contributed by atoms with van der Waals surface area (Å²) in [5, 5.41) is 0. The van der Waals surface area contributed by atoms with Crippen LogP contribution >= 0.6 is 0 Å². The molecule has 0 aliphatic heterocycles. The first kappa shape index (κ1) is 29.9. The highest BCUT2D eigenvalue weighted by Gasteiger charge is 2.30. The molecule has 0 N–H and O–H groups in total. The van der Waals surface area contributed by atoms with Crippen molar-refractivity contribution in [3.63, 3.8) is 0 Å². The molecule has 0 aromatic heterocycles. The van der Waals surface area contributed by atoms with Crippen molar-refractivity contribution >= 4 is 11.9 Å². The molecule has 0 radical (unpaired) electrons. The van der Waals surface area contributed by atoms with E-state index in [4.69, 9.17) is 9.47 Å². The van der Waals surface area contributed by atoms with Crippen molar-refractivity contribution < 1.29 is 19.1 Å². The van der Waals surface area contributed by atoms with Crippen molar-refractivity contribution in [2.24, 2.45) is 11.8 Å². The van der Waals surface area contributed by atoms with Gasteiger partial charge in [-0.2, -0.15) is 0 Å². The summed E-state index contributed by atoms with van der Waals surface area (Å²) in [5.74, 6) is 0.569. The van der Waals surface area contributed by atoms with Crippen molar-refractivity contribution in [1.29, 1.82) is 0 Å². The lowest BCUT2D eigenvalue weighted by Gasteiger charge is -2.31. The SMILES string of the molecule is CCCCC(C)C(C)(C)OC(=O)CCCCCCCC(=O)OC(C)(C)C(C)CCCC. The van der Waals surface area contributed by atoms with Gasteiger partial charge in [0.2, 0.25) is 0 Å². The van der Waals surface area contributed by atoms with Crippen LogP contribution in [0, 0.1) is 11.8 Å². The molecule has 0 saturated heterocycles. The Morgan fingerprint density at radius 1 is 0.613 bits per heavy atom. The van der Waals surface area contributed by atoms with Gasteiger partial charge in [0.1, 0.15) is 11.2 Å². The van der Waals surface area contributed by atoms with Crippen LogP contribution in [0.1, 0.15) is 139 Å². The molecule has 0 aliphatic carbocycles. The third kappa shape index (κ3) is 13.9. The zero-order valence-corrected chi connectivity index (χ0v) is 22.0. The van der Waals surface area contributed by atoms with Crippen LogP contribution in [0.25, 0.3) is 0 Å². The van der Waals surface area contributed by atoms with E-state index in [9.17, 15) is 9.59 Å². The molecule has 0 aliphatic rings. The van der Waals surface area contributed by atoms with Gasteiger partial charge in [0.15, 0.2) is 0 Å². The largest absolute Gasteiger partial charge is 0.459 e. The maximum absolute atomic E-state index is 12.2. The Hall–Kier alpha value is -1.06. The molecule has 0 bridgehead atoms. The molecule has 0 saturated carbocycles. The summed E-state index contributed by atoms with van der Waals surface area (Å²) in [6.45, 7) is 16.8. The van der Waals surface area contributed by atoms with Gasteiger partial charge in [-0.15, -0.1) is 0 Å². The average Bonchev–Trinajstić information content (AvgIpc) is 2.68. The summed E-state index contributed by atoms with van der Waals surface area (Å²) in [4.78, 5) is 24.4. The molecule has 0 rings (SSSR count). The topological polar surface area (TPSA) is 52.6 Å². The third-order valence-electron chi connectivity index (χ3n) is 6.87. The van der Waals surface area contributed by atoms with Crippen LogP contribution in [0.5, 0.6) is 0 Å². The van der Waals surface area contributed by atoms with E-state index in [2.05, 4.69) is 27.7 Å². The van der Waals surface area contributed by atoms with Gasteiger partial charge in [0.05, 0.1) is 0 Å². The summed E-state index contributed by atoms with van der Waals surface area (Å²) in [6, 6.07) is 0. The normalized spacial score (nSPS) is 14.2. The van der Waals surface area contributed by atoms with E-state index in [-0.39, 0.29) is 11.9 Å². The first-order valence-electron chi connectivity index (χ1n) is 12.9. The van der Waals surface area contributed by atoms with Gasteiger partial charge in [0, 0.05) is 12.8 Å². The summed E-state index contributed by atoms with van der Waals surface area (Å²) < 4.78 is 11.5. The van der Waals surface area contributed by atoms with Crippen molar-refractivity contribution in [3.8, 4) is 0 Å². The number of carbonyl (C=O) groups is 2. The smallest absolute Gasteiger partial charge is 0.306 e. The minimum atomic E-state index is -0.394. The predicted molar refractivity (Wildman–Crippen MR) is 130 cm³/mol. The predicted octanol–water partition coefficient (Wildman–Crippen LogP) is 8.01. The third-order valence-corrected chi connectivity index (χ3v) is 6.87. The van der Waals surface area contributed by atoms with Crippen LogP contribution in [-0.2, 0) is 19.1 Å². The molecule has 0 amide bonds. The monoisotopic (exact) mass is 440 g/mol. The Morgan fingerprint density at radius 3 is 1.26 bits per heavy atom. The van der Waals surface area contributed by atoms with E-state index in [1.807, 2.05) is 27.7 Å². The minimum Gasteiger partial charge on any atom is -0.459 e. The number of hydrogen-bond acceptors (Lipinski definition) is 4. The van der Waals surface area contributed by atoms with Gasteiger partial charge in [-0.05, 0) is 65.2 Å². The zero-order chi connectivity index (χ0) is 23.9. The van der Waals surface area contributed by atoms with Gasteiger partial charge in [-0.1, -0.05) is 72.6 Å². The van der Waals surface area contributed by atoms with Gasteiger partial charge in [0.25, 0.3) is 0 Å². The van der Waals surface area contributed by atoms with E-state index in [0.29, 0.717) is 24.7 Å². The van der Waals surface area contributed by atoms with E-state index in [1.165, 1.54) is 25.7 Å². The molecule has 4 heteroatoms. The Bertz CT molecular complexity index is 451. The van der Waals surface area contributed by atoms with Crippen molar-refractivity contribution in [2.75, 3.05) is 0 Å². The molecular formula is C27H52O4. The highest BCUT2D eigenvalue weighted by Crippen LogP contribution is 2.27. The standard InChI is InChI=1S/C27H52O4/c1-9-11-18-22(3)26(5,6)30-24(28)20-16-14-13-15-17-21-25(29)31-27(7,8)23(4)19-12-10-2/h22-23H,9-21H2,1-8H3. The highest BCUT2D eigenvalue weighted by atomic mass is 16.6. The number of hydrogen-bond donors (Lipinski definition) is 0. The lowest BCUT2D eigenvalue weighted by molar-refractivity contribution is -0.162. The van der Waals surface area contributed by atoms with E-state index >= 15 is 0 Å². The van der Waals surface area contributed by atoms with Crippen molar-refractivity contribution in [3.05, 3.63) is 0 Å². The van der Waals surface area contributed by atoms with Crippen LogP contribution in [0.4, 0.5) is 0 Å². The number of ether oxygens (including phenoxy) is 2. The lowest BCUT2D eigenvalue weighted by Crippen LogP contribution is -2.35. The Balaban J connectivity index is 3.93. The molecule has 4 nitrogen and oxygen atoms in total. The van der Waals surface area contributed by atoms with Crippen LogP contribution in [0.15, 0.2) is 0 Å². The summed E-state index contributed by atoms with van der Waals surface area (Å²) in [6.07, 6.45) is 12.6. The first-order valence-corrected chi connectivity index (χ1v) is 12.9. The Labute approximate surface area is 193 Å². The zero-order valence-electron chi connectivity index (χ0n) is 22.0. The van der Waals surface area contributed by atoms with Gasteiger partial charge < -0.3 is 9.47 Å². The Morgan fingerprint density at radius 2 is 0.935 bits per heavy atom. The van der Waals surface area contributed by atoms with Gasteiger partial charge >= 0.3 is 11.9 Å². The van der Waals surface area contributed by atoms with Crippen LogP contribution in [-0.4, -0.2) is 23.1 Å².